The number of nitrogen functional groups attached to an aromatic ring is 1. The Kier molecular flexibility index (Phi) is 3.71. The molecule has 22 heavy (non-hydrogen) atoms. The van der Waals surface area contributed by atoms with Gasteiger partial charge >= 0.3 is 0 Å². The monoisotopic (exact) mass is 288 g/mol. The van der Waals surface area contributed by atoms with Crippen molar-refractivity contribution in [2.45, 2.75) is 6.42 Å². The number of rotatable bonds is 4. The van der Waals surface area contributed by atoms with Crippen LogP contribution in [0.3, 0.4) is 0 Å². The van der Waals surface area contributed by atoms with E-state index in [1.165, 1.54) is 0 Å². The lowest BCUT2D eigenvalue weighted by atomic mass is 9.99. The molecule has 0 aliphatic carbocycles. The molecule has 0 spiro atoms. The molecule has 3 aromatic rings. The third kappa shape index (κ3) is 2.88. The van der Waals surface area contributed by atoms with Gasteiger partial charge in [-0.1, -0.05) is 54.6 Å². The molecule has 0 aliphatic heterocycles. The van der Waals surface area contributed by atoms with Crippen molar-refractivity contribution in [3.8, 4) is 0 Å². The molecule has 0 aliphatic rings. The first-order chi connectivity index (χ1) is 10.6. The van der Waals surface area contributed by atoms with E-state index in [0.717, 1.165) is 16.3 Å². The van der Waals surface area contributed by atoms with Crippen LogP contribution in [0.15, 0.2) is 66.7 Å². The summed E-state index contributed by atoms with van der Waals surface area (Å²) >= 11 is 0. The Morgan fingerprint density at radius 2 is 1.45 bits per heavy atom. The van der Waals surface area contributed by atoms with Gasteiger partial charge in [0, 0.05) is 17.5 Å². The first-order valence-electron chi connectivity index (χ1n) is 7.09. The van der Waals surface area contributed by atoms with Crippen LogP contribution >= 0.6 is 0 Å². The van der Waals surface area contributed by atoms with Crippen LogP contribution in [0.5, 0.6) is 0 Å². The van der Waals surface area contributed by atoms with Crippen molar-refractivity contribution in [3.63, 3.8) is 0 Å². The Balaban J connectivity index is 1.90. The van der Waals surface area contributed by atoms with Crippen molar-refractivity contribution in [1.29, 1.82) is 5.41 Å². The average molecular weight is 288 g/mol. The van der Waals surface area contributed by atoms with E-state index < -0.39 is 0 Å². The summed E-state index contributed by atoms with van der Waals surface area (Å²) in [7, 11) is 0. The van der Waals surface area contributed by atoms with Crippen LogP contribution in [0.25, 0.3) is 10.8 Å². The highest BCUT2D eigenvalue weighted by molar-refractivity contribution is 6.03. The number of carbonyl (C=O) groups is 1. The first kappa shape index (κ1) is 14.0. The van der Waals surface area contributed by atoms with Gasteiger partial charge in [0.25, 0.3) is 0 Å². The van der Waals surface area contributed by atoms with Gasteiger partial charge in [-0.05, 0) is 28.5 Å². The third-order valence-electron chi connectivity index (χ3n) is 3.68. The molecule has 0 unspecified atom stereocenters. The standard InChI is InChI=1S/C19H16N2O/c20-19(21)17-9-7-14-11-16(8-6-15(14)12-17)18(22)10-13-4-2-1-3-5-13/h1-9,11-12H,10H2,(H3,20,21). The van der Waals surface area contributed by atoms with E-state index in [-0.39, 0.29) is 11.6 Å². The Labute approximate surface area is 128 Å². The molecule has 0 atom stereocenters. The summed E-state index contributed by atoms with van der Waals surface area (Å²) < 4.78 is 0. The molecular weight excluding hydrogens is 272 g/mol. The molecule has 3 N–H and O–H groups in total. The molecular formula is C19H16N2O. The average Bonchev–Trinajstić information content (AvgIpc) is 2.54. The molecule has 0 saturated carbocycles. The topological polar surface area (TPSA) is 66.9 Å². The van der Waals surface area contributed by atoms with Crippen molar-refractivity contribution < 1.29 is 4.79 Å². The Morgan fingerprint density at radius 1 is 0.864 bits per heavy atom. The second kappa shape index (κ2) is 5.82. The number of nitrogens with two attached hydrogens (primary N) is 1. The van der Waals surface area contributed by atoms with E-state index in [1.54, 1.807) is 6.07 Å². The van der Waals surface area contributed by atoms with Crippen molar-refractivity contribution >= 4 is 22.4 Å². The summed E-state index contributed by atoms with van der Waals surface area (Å²) in [5.74, 6) is 0.148. The van der Waals surface area contributed by atoms with Crippen LogP contribution in [-0.4, -0.2) is 11.6 Å². The third-order valence-corrected chi connectivity index (χ3v) is 3.68. The van der Waals surface area contributed by atoms with E-state index in [1.807, 2.05) is 60.7 Å². The van der Waals surface area contributed by atoms with Gasteiger partial charge in [-0.2, -0.15) is 0 Å². The maximum atomic E-state index is 12.4. The molecule has 3 nitrogen and oxygen atoms in total. The minimum absolute atomic E-state index is 0.0473. The highest BCUT2D eigenvalue weighted by atomic mass is 16.1. The molecule has 0 aromatic heterocycles. The Morgan fingerprint density at radius 3 is 2.09 bits per heavy atom. The summed E-state index contributed by atoms with van der Waals surface area (Å²) in [6.45, 7) is 0. The summed E-state index contributed by atoms with van der Waals surface area (Å²) in [6.07, 6.45) is 0.401. The van der Waals surface area contributed by atoms with Crippen molar-refractivity contribution in [1.82, 2.24) is 0 Å². The minimum Gasteiger partial charge on any atom is -0.384 e. The zero-order chi connectivity index (χ0) is 15.5. The zero-order valence-corrected chi connectivity index (χ0v) is 12.0. The second-order valence-corrected chi connectivity index (χ2v) is 5.28. The number of carbonyl (C=O) groups excluding carboxylic acids is 1. The van der Waals surface area contributed by atoms with Crippen molar-refractivity contribution in [2.24, 2.45) is 5.73 Å². The predicted molar refractivity (Wildman–Crippen MR) is 89.4 cm³/mol. The van der Waals surface area contributed by atoms with Gasteiger partial charge in [0.2, 0.25) is 0 Å². The van der Waals surface area contributed by atoms with Crippen LogP contribution in [0, 0.1) is 5.41 Å². The van der Waals surface area contributed by atoms with Crippen molar-refractivity contribution in [3.05, 3.63) is 83.4 Å². The SMILES string of the molecule is N=C(N)c1ccc2cc(C(=O)Cc3ccccc3)ccc2c1. The maximum Gasteiger partial charge on any atom is 0.167 e. The molecule has 0 radical (unpaired) electrons. The van der Waals surface area contributed by atoms with Crippen LogP contribution in [0.2, 0.25) is 0 Å². The minimum atomic E-state index is 0.0473. The normalized spacial score (nSPS) is 10.5. The molecule has 0 bridgehead atoms. The second-order valence-electron chi connectivity index (χ2n) is 5.28. The van der Waals surface area contributed by atoms with Gasteiger partial charge in [-0.3, -0.25) is 10.2 Å². The van der Waals surface area contributed by atoms with Gasteiger partial charge in [-0.25, -0.2) is 0 Å². The summed E-state index contributed by atoms with van der Waals surface area (Å²) in [5, 5.41) is 9.42. The number of hydrogen-bond acceptors (Lipinski definition) is 2. The van der Waals surface area contributed by atoms with Crippen LogP contribution in [0.4, 0.5) is 0 Å². The van der Waals surface area contributed by atoms with Gasteiger partial charge < -0.3 is 5.73 Å². The predicted octanol–water partition coefficient (Wildman–Crippen LogP) is 3.55. The number of fused-ring (bicyclic) bond motifs is 1. The molecule has 3 heteroatoms. The molecule has 0 fully saturated rings. The Hall–Kier alpha value is -2.94. The van der Waals surface area contributed by atoms with E-state index in [4.69, 9.17) is 11.1 Å². The van der Waals surface area contributed by atoms with E-state index >= 15 is 0 Å². The number of hydrogen-bond donors (Lipinski definition) is 2. The van der Waals surface area contributed by atoms with Crippen LogP contribution in [-0.2, 0) is 6.42 Å². The smallest absolute Gasteiger partial charge is 0.167 e. The van der Waals surface area contributed by atoms with Gasteiger partial charge in [0.05, 0.1) is 0 Å². The number of amidine groups is 1. The molecule has 0 amide bonds. The Bertz CT molecular complexity index is 854. The lowest BCUT2D eigenvalue weighted by Crippen LogP contribution is -2.10. The number of nitrogens with one attached hydrogen (secondary N) is 1. The highest BCUT2D eigenvalue weighted by Crippen LogP contribution is 2.19. The summed E-state index contributed by atoms with van der Waals surface area (Å²) in [4.78, 5) is 12.4. The molecule has 0 heterocycles. The van der Waals surface area contributed by atoms with Gasteiger partial charge in [0.15, 0.2) is 5.78 Å². The fraction of sp³-hybridized carbons (Fsp3) is 0.0526. The van der Waals surface area contributed by atoms with Gasteiger partial charge in [-0.15, -0.1) is 0 Å². The fourth-order valence-corrected chi connectivity index (χ4v) is 2.47. The lowest BCUT2D eigenvalue weighted by molar-refractivity contribution is 0.0993. The van der Waals surface area contributed by atoms with Gasteiger partial charge in [0.1, 0.15) is 5.84 Å². The zero-order valence-electron chi connectivity index (χ0n) is 12.0. The lowest BCUT2D eigenvalue weighted by Gasteiger charge is -2.05. The quantitative estimate of drug-likeness (QED) is 0.438. The van der Waals surface area contributed by atoms with E-state index in [2.05, 4.69) is 0 Å². The molecule has 108 valence electrons. The maximum absolute atomic E-state index is 12.4. The number of benzene rings is 3. The first-order valence-corrected chi connectivity index (χ1v) is 7.09. The molecule has 3 aromatic carbocycles. The largest absolute Gasteiger partial charge is 0.384 e. The fourth-order valence-electron chi connectivity index (χ4n) is 2.47. The number of Topliss-reactive ketones (excluding diaryl/α,β-unsaturated/α-hetero) is 1. The van der Waals surface area contributed by atoms with E-state index in [9.17, 15) is 4.79 Å². The van der Waals surface area contributed by atoms with E-state index in [0.29, 0.717) is 17.5 Å². The van der Waals surface area contributed by atoms with Crippen molar-refractivity contribution in [2.75, 3.05) is 0 Å². The van der Waals surface area contributed by atoms with Crippen LogP contribution in [0.1, 0.15) is 21.5 Å². The highest BCUT2D eigenvalue weighted by Gasteiger charge is 2.08. The molecule has 0 saturated heterocycles. The number of ketones is 1. The van der Waals surface area contributed by atoms with Crippen LogP contribution < -0.4 is 5.73 Å². The molecule has 3 rings (SSSR count). The summed E-state index contributed by atoms with van der Waals surface area (Å²) in [6, 6.07) is 20.9. The summed E-state index contributed by atoms with van der Waals surface area (Å²) in [5.41, 5.74) is 7.90.